The average Bonchev–Trinajstić information content (AvgIpc) is 2.78. The van der Waals surface area contributed by atoms with Crippen LogP contribution in [0.1, 0.15) is 0 Å². The van der Waals surface area contributed by atoms with Crippen molar-refractivity contribution in [1.29, 1.82) is 0 Å². The number of hydrogen-bond donors (Lipinski definition) is 6. The highest BCUT2D eigenvalue weighted by atomic mass is 16.7. The molecule has 2 aliphatic rings. The van der Waals surface area contributed by atoms with Gasteiger partial charge in [0.15, 0.2) is 17.8 Å². The smallest absolute Gasteiger partial charge is 0.229 e. The van der Waals surface area contributed by atoms with E-state index in [2.05, 4.69) is 0 Å². The van der Waals surface area contributed by atoms with E-state index < -0.39 is 55.3 Å². The van der Waals surface area contributed by atoms with E-state index in [4.69, 9.17) is 28.4 Å². The summed E-state index contributed by atoms with van der Waals surface area (Å²) in [5, 5.41) is 59.8. The largest absolute Gasteiger partial charge is 0.493 e. The van der Waals surface area contributed by atoms with Gasteiger partial charge >= 0.3 is 0 Å². The first-order valence-corrected chi connectivity index (χ1v) is 9.62. The predicted molar refractivity (Wildman–Crippen MR) is 101 cm³/mol. The summed E-state index contributed by atoms with van der Waals surface area (Å²) in [6.45, 7) is -0.634. The highest BCUT2D eigenvalue weighted by Gasteiger charge is 2.46. The lowest BCUT2D eigenvalue weighted by Crippen LogP contribution is -2.61. The summed E-state index contributed by atoms with van der Waals surface area (Å²) in [6, 6.07) is 4.62. The maximum atomic E-state index is 10.3. The van der Waals surface area contributed by atoms with E-state index in [1.807, 2.05) is 0 Å². The molecule has 176 valence electrons. The second kappa shape index (κ2) is 10.3. The lowest BCUT2D eigenvalue weighted by Gasteiger charge is -2.41. The Morgan fingerprint density at radius 2 is 1.52 bits per heavy atom. The second-order valence-electron chi connectivity index (χ2n) is 7.23. The van der Waals surface area contributed by atoms with Crippen LogP contribution in [0.3, 0.4) is 0 Å². The normalized spacial score (nSPS) is 38.5. The molecule has 2 heterocycles. The maximum absolute atomic E-state index is 10.3. The molecule has 0 unspecified atom stereocenters. The third kappa shape index (κ3) is 5.19. The van der Waals surface area contributed by atoms with Crippen LogP contribution in [-0.2, 0) is 14.2 Å². The highest BCUT2D eigenvalue weighted by Crippen LogP contribution is 2.33. The fourth-order valence-electron chi connectivity index (χ4n) is 3.29. The van der Waals surface area contributed by atoms with Crippen LogP contribution < -0.4 is 14.2 Å². The third-order valence-corrected chi connectivity index (χ3v) is 5.15. The molecule has 0 saturated carbocycles. The van der Waals surface area contributed by atoms with Gasteiger partial charge in [0.2, 0.25) is 6.29 Å². The number of aliphatic hydroxyl groups is 6. The molecule has 0 radical (unpaired) electrons. The molecule has 2 saturated heterocycles. The Hall–Kier alpha value is -1.74. The minimum Gasteiger partial charge on any atom is -0.493 e. The van der Waals surface area contributed by atoms with Crippen molar-refractivity contribution in [3.05, 3.63) is 18.2 Å². The minimum atomic E-state index is -1.61. The van der Waals surface area contributed by atoms with E-state index in [0.717, 1.165) is 0 Å². The molecule has 2 fully saturated rings. The van der Waals surface area contributed by atoms with E-state index in [9.17, 15) is 30.6 Å². The Balaban J connectivity index is 1.65. The summed E-state index contributed by atoms with van der Waals surface area (Å²) in [5.74, 6) is 1.07. The third-order valence-electron chi connectivity index (χ3n) is 5.15. The Morgan fingerprint density at radius 1 is 0.839 bits per heavy atom. The van der Waals surface area contributed by atoms with Crippen LogP contribution in [0.4, 0.5) is 0 Å². The molecule has 1 aromatic rings. The van der Waals surface area contributed by atoms with Gasteiger partial charge in [0.05, 0.1) is 27.4 Å². The van der Waals surface area contributed by atoms with Crippen LogP contribution in [0.25, 0.3) is 0 Å². The highest BCUT2D eigenvalue weighted by molar-refractivity contribution is 5.45. The molecule has 12 heteroatoms. The van der Waals surface area contributed by atoms with E-state index in [1.54, 1.807) is 12.1 Å². The van der Waals surface area contributed by atoms with Gasteiger partial charge in [0.25, 0.3) is 0 Å². The van der Waals surface area contributed by atoms with Gasteiger partial charge < -0.3 is 59.1 Å². The predicted octanol–water partition coefficient (Wildman–Crippen LogP) is -2.65. The van der Waals surface area contributed by atoms with Crippen molar-refractivity contribution in [3.63, 3.8) is 0 Å². The molecule has 0 amide bonds. The summed E-state index contributed by atoms with van der Waals surface area (Å²) in [6.07, 6.45) is -12.8. The van der Waals surface area contributed by atoms with Gasteiger partial charge in [-0.2, -0.15) is 0 Å². The Labute approximate surface area is 178 Å². The first-order chi connectivity index (χ1) is 14.8. The second-order valence-corrected chi connectivity index (χ2v) is 7.23. The standard InChI is InChI=1S/C19H28O12/c1-26-10-4-3-8(5-11(10)27-2)30-19-17(25)15(23)14(22)12(31-19)7-29-18-16(24)13(21)9(20)6-28-18/h3-5,9,12-25H,6-7H2,1-2H3/t9-,12-,13-,14-,15-,16+,17+,18-,19+/m1/s1. The Kier molecular flexibility index (Phi) is 7.91. The Morgan fingerprint density at radius 3 is 2.19 bits per heavy atom. The summed E-state index contributed by atoms with van der Waals surface area (Å²) >= 11 is 0. The van der Waals surface area contributed by atoms with Crippen LogP contribution in [0.2, 0.25) is 0 Å². The Bertz CT molecular complexity index is 717. The van der Waals surface area contributed by atoms with E-state index in [0.29, 0.717) is 11.5 Å². The molecule has 2 aliphatic heterocycles. The van der Waals surface area contributed by atoms with Gasteiger partial charge in [-0.15, -0.1) is 0 Å². The van der Waals surface area contributed by atoms with E-state index in [-0.39, 0.29) is 19.0 Å². The quantitative estimate of drug-likeness (QED) is 0.256. The zero-order chi connectivity index (χ0) is 22.7. The number of benzene rings is 1. The van der Waals surface area contributed by atoms with Gasteiger partial charge in [-0.25, -0.2) is 0 Å². The van der Waals surface area contributed by atoms with Crippen molar-refractivity contribution in [2.75, 3.05) is 27.4 Å². The summed E-state index contributed by atoms with van der Waals surface area (Å²) in [7, 11) is 2.92. The van der Waals surface area contributed by atoms with Crippen LogP contribution in [0.15, 0.2) is 18.2 Å². The summed E-state index contributed by atoms with van der Waals surface area (Å²) in [4.78, 5) is 0. The first-order valence-electron chi connectivity index (χ1n) is 9.62. The average molecular weight is 448 g/mol. The molecule has 3 rings (SSSR count). The summed E-state index contributed by atoms with van der Waals surface area (Å²) < 4.78 is 32.0. The fraction of sp³-hybridized carbons (Fsp3) is 0.684. The molecule has 0 bridgehead atoms. The lowest BCUT2D eigenvalue weighted by molar-refractivity contribution is -0.307. The van der Waals surface area contributed by atoms with Gasteiger partial charge in [0, 0.05) is 6.07 Å². The van der Waals surface area contributed by atoms with Crippen molar-refractivity contribution in [3.8, 4) is 17.2 Å². The lowest BCUT2D eigenvalue weighted by atomic mass is 9.99. The first kappa shape index (κ1) is 23.9. The minimum absolute atomic E-state index is 0.244. The number of aliphatic hydroxyl groups excluding tert-OH is 6. The molecular weight excluding hydrogens is 420 g/mol. The van der Waals surface area contributed by atoms with Gasteiger partial charge in [-0.05, 0) is 12.1 Å². The molecule has 12 nitrogen and oxygen atoms in total. The van der Waals surface area contributed by atoms with Crippen molar-refractivity contribution in [2.24, 2.45) is 0 Å². The number of hydrogen-bond acceptors (Lipinski definition) is 12. The number of rotatable bonds is 7. The number of ether oxygens (including phenoxy) is 6. The van der Waals surface area contributed by atoms with Gasteiger partial charge in [-0.3, -0.25) is 0 Å². The molecule has 0 aromatic heterocycles. The zero-order valence-electron chi connectivity index (χ0n) is 17.0. The fourth-order valence-corrected chi connectivity index (χ4v) is 3.29. The van der Waals surface area contributed by atoms with Crippen LogP contribution in [0.5, 0.6) is 17.2 Å². The van der Waals surface area contributed by atoms with Crippen molar-refractivity contribution >= 4 is 0 Å². The monoisotopic (exact) mass is 448 g/mol. The van der Waals surface area contributed by atoms with Gasteiger partial charge in [0.1, 0.15) is 48.5 Å². The zero-order valence-corrected chi connectivity index (χ0v) is 17.0. The van der Waals surface area contributed by atoms with Crippen molar-refractivity contribution in [2.45, 2.75) is 55.3 Å². The SMILES string of the molecule is COc1ccc(O[C@H]2O[C@H](CO[C@H]3OC[C@@H](O)[C@@H](O)[C@@H]3O)[C@@H](O)[C@@H](O)[C@@H]2O)cc1OC. The maximum Gasteiger partial charge on any atom is 0.229 e. The molecule has 0 spiro atoms. The topological polar surface area (TPSA) is 177 Å². The molecule has 9 atom stereocenters. The number of methoxy groups -OCH3 is 2. The molecule has 31 heavy (non-hydrogen) atoms. The van der Waals surface area contributed by atoms with Crippen LogP contribution >= 0.6 is 0 Å². The van der Waals surface area contributed by atoms with Crippen LogP contribution in [0, 0.1) is 0 Å². The molecular formula is C19H28O12. The van der Waals surface area contributed by atoms with E-state index >= 15 is 0 Å². The summed E-state index contributed by atoms with van der Waals surface area (Å²) in [5.41, 5.74) is 0. The molecule has 6 N–H and O–H groups in total. The van der Waals surface area contributed by atoms with Crippen LogP contribution in [-0.4, -0.2) is 113 Å². The van der Waals surface area contributed by atoms with Gasteiger partial charge in [-0.1, -0.05) is 0 Å². The van der Waals surface area contributed by atoms with E-state index in [1.165, 1.54) is 20.3 Å². The van der Waals surface area contributed by atoms with Crippen molar-refractivity contribution in [1.82, 2.24) is 0 Å². The van der Waals surface area contributed by atoms with Crippen molar-refractivity contribution < 1.29 is 59.1 Å². The molecule has 0 aliphatic carbocycles. The molecule has 1 aromatic carbocycles.